The van der Waals surface area contributed by atoms with Gasteiger partial charge in [0.2, 0.25) is 5.91 Å². The number of nitrogens with one attached hydrogen (secondary N) is 1. The Labute approximate surface area is 194 Å². The number of nitrogens with zero attached hydrogens (tertiary/aromatic N) is 3. The summed E-state index contributed by atoms with van der Waals surface area (Å²) in [6.07, 6.45) is 11.0. The van der Waals surface area contributed by atoms with Gasteiger partial charge >= 0.3 is 0 Å². The molecule has 2 saturated carbocycles. The van der Waals surface area contributed by atoms with Gasteiger partial charge in [0, 0.05) is 41.4 Å². The average molecular weight is 453 g/mol. The second kappa shape index (κ2) is 8.42. The standard InChI is InChI=1S/C26H33FN4O2/c1-16-5-8-21-23(31(16)26(32)17-6-7-17)10-9-20(25(21)33-19-3-2-4-19)18-13-29-30(15-18)24-11-12-28-14-22(24)27/h9-10,13,15-17,19,22,24,28H,2-8,11-12,14H2,1H3/t16-,22-,24+/m0/s1. The summed E-state index contributed by atoms with van der Waals surface area (Å²) in [5.41, 5.74) is 4.11. The Bertz CT molecular complexity index is 1040. The van der Waals surface area contributed by atoms with E-state index in [9.17, 15) is 9.18 Å². The summed E-state index contributed by atoms with van der Waals surface area (Å²) in [6.45, 7) is 3.33. The number of amides is 1. The molecule has 6 rings (SSSR count). The molecule has 0 unspecified atom stereocenters. The highest BCUT2D eigenvalue weighted by Crippen LogP contribution is 2.46. The summed E-state index contributed by atoms with van der Waals surface area (Å²) >= 11 is 0. The van der Waals surface area contributed by atoms with Crippen LogP contribution in [0.5, 0.6) is 5.75 Å². The molecule has 0 bridgehead atoms. The SMILES string of the molecule is C[C@H]1CCc2c(ccc(-c3cnn([C@@H]4CCNC[C@@H]4F)c3)c2OC2CCC2)N1C(=O)C1CC1. The Hall–Kier alpha value is -2.41. The average Bonchev–Trinajstić information content (AvgIpc) is 3.53. The molecule has 2 aliphatic carbocycles. The van der Waals surface area contributed by atoms with Gasteiger partial charge in [0.15, 0.2) is 0 Å². The number of carbonyl (C=O) groups excluding carboxylic acids is 1. The predicted octanol–water partition coefficient (Wildman–Crippen LogP) is 4.43. The number of hydrogen-bond acceptors (Lipinski definition) is 4. The number of benzene rings is 1. The Morgan fingerprint density at radius 1 is 1.18 bits per heavy atom. The number of rotatable bonds is 5. The maximum Gasteiger partial charge on any atom is 0.230 e. The summed E-state index contributed by atoms with van der Waals surface area (Å²) < 4.78 is 22.9. The summed E-state index contributed by atoms with van der Waals surface area (Å²) in [5, 5.41) is 7.66. The number of alkyl halides is 1. The van der Waals surface area contributed by atoms with E-state index in [4.69, 9.17) is 4.74 Å². The normalized spacial score (nSPS) is 27.7. The monoisotopic (exact) mass is 452 g/mol. The summed E-state index contributed by atoms with van der Waals surface area (Å²) in [5.74, 6) is 1.35. The molecule has 1 aromatic carbocycles. The fraction of sp³-hybridized carbons (Fsp3) is 0.615. The van der Waals surface area contributed by atoms with Gasteiger partial charge in [0.05, 0.1) is 24.0 Å². The molecule has 1 aromatic heterocycles. The molecule has 0 radical (unpaired) electrons. The molecular weight excluding hydrogens is 419 g/mol. The van der Waals surface area contributed by atoms with Gasteiger partial charge in [-0.05, 0) is 77.0 Å². The number of anilines is 1. The molecule has 0 spiro atoms. The highest BCUT2D eigenvalue weighted by atomic mass is 19.1. The van der Waals surface area contributed by atoms with Gasteiger partial charge in [-0.25, -0.2) is 4.39 Å². The molecule has 1 N–H and O–H groups in total. The molecule has 3 atom stereocenters. The number of piperidine rings is 1. The summed E-state index contributed by atoms with van der Waals surface area (Å²) in [7, 11) is 0. The van der Waals surface area contributed by atoms with Crippen molar-refractivity contribution in [2.45, 2.75) is 82.6 Å². The highest BCUT2D eigenvalue weighted by molar-refractivity contribution is 5.99. The Morgan fingerprint density at radius 3 is 2.76 bits per heavy atom. The molecule has 3 heterocycles. The zero-order valence-corrected chi connectivity index (χ0v) is 19.3. The minimum Gasteiger partial charge on any atom is -0.489 e. The number of halogens is 1. The van der Waals surface area contributed by atoms with Gasteiger partial charge < -0.3 is 15.0 Å². The van der Waals surface area contributed by atoms with Crippen molar-refractivity contribution in [3.05, 3.63) is 30.1 Å². The van der Waals surface area contributed by atoms with Crippen LogP contribution in [0.15, 0.2) is 24.5 Å². The van der Waals surface area contributed by atoms with Crippen LogP contribution < -0.4 is 15.0 Å². The maximum absolute atomic E-state index is 14.5. The third-order valence-corrected chi connectivity index (χ3v) is 7.87. The van der Waals surface area contributed by atoms with Crippen molar-refractivity contribution in [3.63, 3.8) is 0 Å². The van der Waals surface area contributed by atoms with E-state index in [0.717, 1.165) is 79.6 Å². The lowest BCUT2D eigenvalue weighted by Gasteiger charge is -2.38. The molecule has 2 aliphatic heterocycles. The minimum atomic E-state index is -0.941. The van der Waals surface area contributed by atoms with E-state index in [1.165, 1.54) is 6.42 Å². The first kappa shape index (κ1) is 21.1. The Morgan fingerprint density at radius 2 is 2.03 bits per heavy atom. The van der Waals surface area contributed by atoms with Gasteiger partial charge in [0.25, 0.3) is 0 Å². The van der Waals surface area contributed by atoms with Gasteiger partial charge in [-0.3, -0.25) is 9.48 Å². The fourth-order valence-electron chi connectivity index (χ4n) is 5.45. The van der Waals surface area contributed by atoms with Crippen molar-refractivity contribution in [2.24, 2.45) is 5.92 Å². The van der Waals surface area contributed by atoms with Gasteiger partial charge in [-0.1, -0.05) is 0 Å². The second-order valence-corrected chi connectivity index (χ2v) is 10.3. The van der Waals surface area contributed by atoms with E-state index >= 15 is 0 Å². The van der Waals surface area contributed by atoms with Gasteiger partial charge in [-0.2, -0.15) is 5.10 Å². The molecule has 1 amide bonds. The van der Waals surface area contributed by atoms with Gasteiger partial charge in [-0.15, -0.1) is 0 Å². The first-order valence-electron chi connectivity index (χ1n) is 12.6. The molecule has 6 nitrogen and oxygen atoms in total. The van der Waals surface area contributed by atoms with Crippen LogP contribution in [0, 0.1) is 5.92 Å². The molecule has 4 aliphatic rings. The second-order valence-electron chi connectivity index (χ2n) is 10.3. The Balaban J connectivity index is 1.39. The molecule has 3 fully saturated rings. The molecular formula is C26H33FN4O2. The number of hydrogen-bond donors (Lipinski definition) is 1. The lowest BCUT2D eigenvalue weighted by atomic mass is 9.91. The van der Waals surface area contributed by atoms with Crippen molar-refractivity contribution in [3.8, 4) is 16.9 Å². The largest absolute Gasteiger partial charge is 0.489 e. The van der Waals surface area contributed by atoms with Crippen molar-refractivity contribution in [1.29, 1.82) is 0 Å². The van der Waals surface area contributed by atoms with E-state index in [0.29, 0.717) is 6.54 Å². The molecule has 176 valence electrons. The van der Waals surface area contributed by atoms with Crippen LogP contribution in [-0.4, -0.2) is 47.1 Å². The number of carbonyl (C=O) groups is 1. The van der Waals surface area contributed by atoms with Crippen LogP contribution in [0.3, 0.4) is 0 Å². The minimum absolute atomic E-state index is 0.186. The van der Waals surface area contributed by atoms with Crippen LogP contribution >= 0.6 is 0 Å². The molecule has 33 heavy (non-hydrogen) atoms. The third kappa shape index (κ3) is 3.84. The number of aromatic nitrogens is 2. The van der Waals surface area contributed by atoms with E-state index in [2.05, 4.69) is 29.5 Å². The zero-order chi connectivity index (χ0) is 22.5. The van der Waals surface area contributed by atoms with Crippen molar-refractivity contribution >= 4 is 11.6 Å². The highest BCUT2D eigenvalue weighted by Gasteiger charge is 2.39. The predicted molar refractivity (Wildman–Crippen MR) is 125 cm³/mol. The molecule has 7 heteroatoms. The lowest BCUT2D eigenvalue weighted by Crippen LogP contribution is -2.43. The number of ether oxygens (including phenoxy) is 1. The van der Waals surface area contributed by atoms with Crippen molar-refractivity contribution in [1.82, 2.24) is 15.1 Å². The zero-order valence-electron chi connectivity index (χ0n) is 19.3. The lowest BCUT2D eigenvalue weighted by molar-refractivity contribution is -0.120. The van der Waals surface area contributed by atoms with Crippen molar-refractivity contribution in [2.75, 3.05) is 18.0 Å². The third-order valence-electron chi connectivity index (χ3n) is 7.87. The number of fused-ring (bicyclic) bond motifs is 1. The van der Waals surface area contributed by atoms with E-state index in [1.54, 1.807) is 4.68 Å². The van der Waals surface area contributed by atoms with Crippen LogP contribution in [0.1, 0.15) is 63.5 Å². The first-order valence-corrected chi connectivity index (χ1v) is 12.6. The fourth-order valence-corrected chi connectivity index (χ4v) is 5.45. The van der Waals surface area contributed by atoms with Gasteiger partial charge in [0.1, 0.15) is 11.9 Å². The summed E-state index contributed by atoms with van der Waals surface area (Å²) in [6, 6.07) is 4.14. The molecule has 2 aromatic rings. The van der Waals surface area contributed by atoms with Crippen LogP contribution in [0.4, 0.5) is 10.1 Å². The van der Waals surface area contributed by atoms with Crippen molar-refractivity contribution < 1.29 is 13.9 Å². The smallest absolute Gasteiger partial charge is 0.230 e. The van der Waals surface area contributed by atoms with E-state index in [1.807, 2.05) is 17.3 Å². The topological polar surface area (TPSA) is 59.4 Å². The van der Waals surface area contributed by atoms with E-state index < -0.39 is 6.17 Å². The first-order chi connectivity index (χ1) is 16.1. The van der Waals surface area contributed by atoms with Crippen LogP contribution in [0.25, 0.3) is 11.1 Å². The van der Waals surface area contributed by atoms with E-state index in [-0.39, 0.29) is 30.0 Å². The molecule has 1 saturated heterocycles. The Kier molecular flexibility index (Phi) is 5.40. The van der Waals surface area contributed by atoms with Crippen LogP contribution in [0.2, 0.25) is 0 Å². The maximum atomic E-state index is 14.5. The van der Waals surface area contributed by atoms with Crippen LogP contribution in [-0.2, 0) is 11.2 Å². The summed E-state index contributed by atoms with van der Waals surface area (Å²) in [4.78, 5) is 15.2. The quantitative estimate of drug-likeness (QED) is 0.729.